The Bertz CT molecular complexity index is 268. The van der Waals surface area contributed by atoms with Crippen LogP contribution in [0.3, 0.4) is 0 Å². The highest BCUT2D eigenvalue weighted by atomic mass is 32.5. The predicted molar refractivity (Wildman–Crippen MR) is 131 cm³/mol. The summed E-state index contributed by atoms with van der Waals surface area (Å²) in [6.07, 6.45) is 16.6. The summed E-state index contributed by atoms with van der Waals surface area (Å²) in [4.78, 5) is 45.3. The second kappa shape index (κ2) is 32.7. The maximum atomic E-state index is 7.56. The van der Waals surface area contributed by atoms with E-state index in [9.17, 15) is 0 Å². The third-order valence-electron chi connectivity index (χ3n) is 2.87. The number of hydrogen-bond acceptors (Lipinski definition) is 2. The van der Waals surface area contributed by atoms with Crippen molar-refractivity contribution in [2.45, 2.75) is 119 Å². The van der Waals surface area contributed by atoms with Crippen LogP contribution in [0.25, 0.3) is 0 Å². The Morgan fingerprint density at radius 3 is 0.500 bits per heavy atom. The fourth-order valence-corrected chi connectivity index (χ4v) is 1.50. The SMILES string of the molecule is CCCCCC.CCCCCC.CCCCCC.OP(O)(O)=S.OP(O)(O)=S. The molecule has 0 saturated carbocycles. The quantitative estimate of drug-likeness (QED) is 0.170. The smallest absolute Gasteiger partial charge is 0.319 e. The van der Waals surface area contributed by atoms with Crippen molar-refractivity contribution >= 4 is 37.1 Å². The highest BCUT2D eigenvalue weighted by Gasteiger charge is 1.92. The van der Waals surface area contributed by atoms with Crippen molar-refractivity contribution < 1.29 is 29.4 Å². The molecule has 0 bridgehead atoms. The van der Waals surface area contributed by atoms with Crippen LogP contribution in [0.5, 0.6) is 0 Å². The first-order valence-corrected chi connectivity index (χ1v) is 15.6. The Hall–Kier alpha value is 1.06. The molecule has 0 spiro atoms. The number of rotatable bonds is 9. The van der Waals surface area contributed by atoms with Crippen molar-refractivity contribution in [2.75, 3.05) is 0 Å². The number of hydrogen-bond donors (Lipinski definition) is 6. The van der Waals surface area contributed by atoms with Crippen LogP contribution in [-0.2, 0) is 23.6 Å². The van der Waals surface area contributed by atoms with Crippen LogP contribution in [-0.4, -0.2) is 29.4 Å². The molecule has 6 N–H and O–H groups in total. The standard InChI is InChI=1S/3C6H14.2H3O3PS/c3*1-3-5-6-4-2;2*1-4(2,3)5/h3*3-6H2,1-2H3;2*(H3,1,2,3,5). The molecule has 178 valence electrons. The van der Waals surface area contributed by atoms with E-state index in [4.69, 9.17) is 29.4 Å². The van der Waals surface area contributed by atoms with Gasteiger partial charge in [0.1, 0.15) is 0 Å². The minimum Gasteiger partial charge on any atom is -0.325 e. The third-order valence-corrected chi connectivity index (χ3v) is 2.87. The van der Waals surface area contributed by atoms with Gasteiger partial charge in [0, 0.05) is 0 Å². The Kier molecular flexibility index (Phi) is 46.2. The highest BCUT2D eigenvalue weighted by molar-refractivity contribution is 8.06. The van der Waals surface area contributed by atoms with Crippen LogP contribution in [0.15, 0.2) is 0 Å². The summed E-state index contributed by atoms with van der Waals surface area (Å²) in [6.45, 7) is 5.78. The van der Waals surface area contributed by atoms with Crippen molar-refractivity contribution in [1.82, 2.24) is 0 Å². The normalized spacial score (nSPS) is 10.0. The van der Waals surface area contributed by atoms with Gasteiger partial charge in [-0.15, -0.1) is 0 Å². The molecular formula is C18H48O6P2S2. The highest BCUT2D eigenvalue weighted by Crippen LogP contribution is 2.26. The molecule has 0 atom stereocenters. The minimum absolute atomic E-state index is 1.36. The van der Waals surface area contributed by atoms with Gasteiger partial charge >= 0.3 is 13.4 Å². The first-order valence-electron chi connectivity index (χ1n) is 10.3. The van der Waals surface area contributed by atoms with Crippen molar-refractivity contribution in [1.29, 1.82) is 0 Å². The molecular weight excluding hydrogens is 438 g/mol. The summed E-state index contributed by atoms with van der Waals surface area (Å²) >= 11 is 7.21. The maximum Gasteiger partial charge on any atom is 0.319 e. The second-order valence-electron chi connectivity index (χ2n) is 6.15. The molecule has 0 aromatic rings. The minimum atomic E-state index is -3.81. The van der Waals surface area contributed by atoms with E-state index in [1.165, 1.54) is 77.0 Å². The van der Waals surface area contributed by atoms with E-state index in [2.05, 4.69) is 65.2 Å². The van der Waals surface area contributed by atoms with E-state index >= 15 is 0 Å². The molecule has 0 aliphatic carbocycles. The van der Waals surface area contributed by atoms with E-state index in [0.717, 1.165) is 0 Å². The summed E-state index contributed by atoms with van der Waals surface area (Å²) in [5.74, 6) is 0. The fourth-order valence-electron chi connectivity index (χ4n) is 1.50. The predicted octanol–water partition coefficient (Wildman–Crippen LogP) is 6.14. The van der Waals surface area contributed by atoms with Gasteiger partial charge < -0.3 is 29.4 Å². The molecule has 0 aromatic carbocycles. The molecule has 28 heavy (non-hydrogen) atoms. The molecule has 6 nitrogen and oxygen atoms in total. The second-order valence-corrected chi connectivity index (χ2v) is 11.1. The van der Waals surface area contributed by atoms with Gasteiger partial charge in [0.05, 0.1) is 0 Å². The average molecular weight is 487 g/mol. The van der Waals surface area contributed by atoms with Crippen molar-refractivity contribution in [3.05, 3.63) is 0 Å². The molecule has 0 aliphatic rings. The summed E-state index contributed by atoms with van der Waals surface area (Å²) in [5.41, 5.74) is 0. The molecule has 0 radical (unpaired) electrons. The summed E-state index contributed by atoms with van der Waals surface area (Å²) in [5, 5.41) is 0. The third kappa shape index (κ3) is 182. The molecule has 0 heterocycles. The van der Waals surface area contributed by atoms with Gasteiger partial charge in [0.25, 0.3) is 0 Å². The Balaban J connectivity index is -0.0000000789. The van der Waals surface area contributed by atoms with E-state index in [0.29, 0.717) is 0 Å². The van der Waals surface area contributed by atoms with Crippen LogP contribution in [0, 0.1) is 0 Å². The van der Waals surface area contributed by atoms with E-state index < -0.39 is 13.4 Å². The Morgan fingerprint density at radius 1 is 0.393 bits per heavy atom. The van der Waals surface area contributed by atoms with E-state index in [1.54, 1.807) is 0 Å². The van der Waals surface area contributed by atoms with Gasteiger partial charge in [-0.25, -0.2) is 0 Å². The molecule has 0 rings (SSSR count). The van der Waals surface area contributed by atoms with Crippen molar-refractivity contribution in [3.63, 3.8) is 0 Å². The average Bonchev–Trinajstić information content (AvgIpc) is 2.54. The molecule has 0 aromatic heterocycles. The van der Waals surface area contributed by atoms with Gasteiger partial charge in [-0.05, 0) is 23.6 Å². The topological polar surface area (TPSA) is 121 Å². The van der Waals surface area contributed by atoms with Crippen LogP contribution in [0.4, 0.5) is 0 Å². The maximum absolute atomic E-state index is 7.56. The zero-order chi connectivity index (χ0) is 23.5. The van der Waals surface area contributed by atoms with Crippen LogP contribution < -0.4 is 0 Å². The van der Waals surface area contributed by atoms with E-state index in [1.807, 2.05) is 0 Å². The zero-order valence-electron chi connectivity index (χ0n) is 18.9. The van der Waals surface area contributed by atoms with Gasteiger partial charge in [0.2, 0.25) is 0 Å². The van der Waals surface area contributed by atoms with Gasteiger partial charge in [-0.1, -0.05) is 119 Å². The van der Waals surface area contributed by atoms with Gasteiger partial charge in [-0.3, -0.25) is 0 Å². The molecule has 0 unspecified atom stereocenters. The summed E-state index contributed by atoms with van der Waals surface area (Å²) < 4.78 is 0. The molecule has 10 heteroatoms. The molecule has 0 saturated heterocycles. The van der Waals surface area contributed by atoms with Crippen molar-refractivity contribution in [3.8, 4) is 0 Å². The number of unbranched alkanes of at least 4 members (excludes halogenated alkanes) is 9. The largest absolute Gasteiger partial charge is 0.325 e. The molecule has 0 aliphatic heterocycles. The van der Waals surface area contributed by atoms with E-state index in [-0.39, 0.29) is 0 Å². The lowest BCUT2D eigenvalue weighted by atomic mass is 10.2. The van der Waals surface area contributed by atoms with Crippen LogP contribution >= 0.6 is 13.4 Å². The monoisotopic (exact) mass is 486 g/mol. The zero-order valence-corrected chi connectivity index (χ0v) is 22.3. The van der Waals surface area contributed by atoms with Crippen LogP contribution in [0.2, 0.25) is 0 Å². The summed E-state index contributed by atoms with van der Waals surface area (Å²) in [7, 11) is 0. The summed E-state index contributed by atoms with van der Waals surface area (Å²) in [6, 6.07) is 0. The fraction of sp³-hybridized carbons (Fsp3) is 1.00. The van der Waals surface area contributed by atoms with Gasteiger partial charge in [0.15, 0.2) is 0 Å². The van der Waals surface area contributed by atoms with Crippen molar-refractivity contribution in [2.24, 2.45) is 0 Å². The lowest BCUT2D eigenvalue weighted by Crippen LogP contribution is -1.66. The lowest BCUT2D eigenvalue weighted by Gasteiger charge is -1.88. The van der Waals surface area contributed by atoms with Gasteiger partial charge in [-0.2, -0.15) is 0 Å². The molecule has 0 amide bonds. The Labute approximate surface area is 184 Å². The molecule has 0 fully saturated rings. The first-order chi connectivity index (χ1) is 12.7. The Morgan fingerprint density at radius 2 is 0.464 bits per heavy atom. The lowest BCUT2D eigenvalue weighted by molar-refractivity contribution is 0.361. The van der Waals surface area contributed by atoms with Crippen LogP contribution in [0.1, 0.15) is 119 Å². The first kappa shape index (κ1) is 39.5.